The van der Waals surface area contributed by atoms with Gasteiger partial charge >= 0.3 is 0 Å². The third-order valence-electron chi connectivity index (χ3n) is 6.21. The Morgan fingerprint density at radius 2 is 1.81 bits per heavy atom. The number of ether oxygens (including phenoxy) is 2. The Kier molecular flexibility index (Phi) is 6.08. The molecule has 1 fully saturated rings. The number of rotatable bonds is 6. The van der Waals surface area contributed by atoms with E-state index in [4.69, 9.17) is 9.47 Å². The van der Waals surface area contributed by atoms with Crippen molar-refractivity contribution in [2.75, 3.05) is 14.2 Å². The van der Waals surface area contributed by atoms with Gasteiger partial charge in [0, 0.05) is 12.1 Å². The van der Waals surface area contributed by atoms with Crippen LogP contribution in [0.25, 0.3) is 0 Å². The Morgan fingerprint density at radius 1 is 1.07 bits per heavy atom. The zero-order valence-electron chi connectivity index (χ0n) is 17.5. The molecule has 0 aliphatic heterocycles. The molecule has 3 rings (SSSR count). The molecule has 0 amide bonds. The first-order chi connectivity index (χ1) is 12.9. The first-order valence-corrected chi connectivity index (χ1v) is 10.1. The Bertz CT molecular complexity index is 756. The fourth-order valence-electron chi connectivity index (χ4n) is 4.40. The van der Waals surface area contributed by atoms with Gasteiger partial charge in [-0.15, -0.1) is 5.10 Å². The molecule has 27 heavy (non-hydrogen) atoms. The molecule has 148 valence electrons. The van der Waals surface area contributed by atoms with E-state index in [1.165, 1.54) is 19.3 Å². The molecule has 1 aromatic heterocycles. The largest absolute Gasteiger partial charge is 0.493 e. The third kappa shape index (κ3) is 4.12. The van der Waals surface area contributed by atoms with E-state index in [2.05, 4.69) is 55.0 Å². The molecular formula is C22H33N3O2. The average molecular weight is 372 g/mol. The van der Waals surface area contributed by atoms with E-state index >= 15 is 0 Å². The van der Waals surface area contributed by atoms with Gasteiger partial charge in [0.2, 0.25) is 0 Å². The van der Waals surface area contributed by atoms with Gasteiger partial charge < -0.3 is 9.47 Å². The molecule has 5 heteroatoms. The number of hydrogen-bond acceptors (Lipinski definition) is 4. The summed E-state index contributed by atoms with van der Waals surface area (Å²) in [5.74, 6) is 3.73. The molecule has 0 radical (unpaired) electrons. The molecule has 0 bridgehead atoms. The van der Waals surface area contributed by atoms with E-state index in [1.807, 2.05) is 12.1 Å². The smallest absolute Gasteiger partial charge is 0.161 e. The van der Waals surface area contributed by atoms with Crippen molar-refractivity contribution in [1.82, 2.24) is 15.0 Å². The predicted octanol–water partition coefficient (Wildman–Crippen LogP) is 5.08. The van der Waals surface area contributed by atoms with E-state index in [9.17, 15) is 0 Å². The van der Waals surface area contributed by atoms with Crippen LogP contribution < -0.4 is 9.47 Å². The molecule has 4 atom stereocenters. The highest BCUT2D eigenvalue weighted by Gasteiger charge is 2.33. The van der Waals surface area contributed by atoms with Crippen LogP contribution >= 0.6 is 0 Å². The highest BCUT2D eigenvalue weighted by molar-refractivity contribution is 5.45. The topological polar surface area (TPSA) is 49.2 Å². The lowest BCUT2D eigenvalue weighted by Crippen LogP contribution is -2.30. The molecule has 1 unspecified atom stereocenters. The summed E-state index contributed by atoms with van der Waals surface area (Å²) in [6.45, 7) is 9.18. The minimum absolute atomic E-state index is 0.150. The van der Waals surface area contributed by atoms with Crippen molar-refractivity contribution in [3.63, 3.8) is 0 Å². The normalized spacial score (nSPS) is 24.0. The summed E-state index contributed by atoms with van der Waals surface area (Å²) in [6, 6.07) is 6.51. The van der Waals surface area contributed by atoms with Gasteiger partial charge in [0.25, 0.3) is 0 Å². The van der Waals surface area contributed by atoms with Gasteiger partial charge in [-0.3, -0.25) is 0 Å². The van der Waals surface area contributed by atoms with Crippen LogP contribution in [-0.4, -0.2) is 29.2 Å². The zero-order valence-corrected chi connectivity index (χ0v) is 17.5. The van der Waals surface area contributed by atoms with Crippen LogP contribution in [0.4, 0.5) is 0 Å². The quantitative estimate of drug-likeness (QED) is 0.710. The monoisotopic (exact) mass is 371 g/mol. The Balaban J connectivity index is 1.84. The van der Waals surface area contributed by atoms with Gasteiger partial charge in [0.05, 0.1) is 26.0 Å². The second-order valence-corrected chi connectivity index (χ2v) is 8.35. The van der Waals surface area contributed by atoms with Gasteiger partial charge in [0.1, 0.15) is 0 Å². The van der Waals surface area contributed by atoms with Gasteiger partial charge in [-0.2, -0.15) is 0 Å². The van der Waals surface area contributed by atoms with Crippen molar-refractivity contribution < 1.29 is 9.47 Å². The lowest BCUT2D eigenvalue weighted by atomic mass is 9.74. The number of aromatic nitrogens is 3. The van der Waals surface area contributed by atoms with Crippen LogP contribution in [0.5, 0.6) is 11.5 Å². The highest BCUT2D eigenvalue weighted by atomic mass is 16.5. The fourth-order valence-corrected chi connectivity index (χ4v) is 4.40. The molecular weight excluding hydrogens is 338 g/mol. The minimum atomic E-state index is 0.150. The maximum absolute atomic E-state index is 5.45. The molecule has 1 aromatic carbocycles. The summed E-state index contributed by atoms with van der Waals surface area (Å²) < 4.78 is 12.9. The number of methoxy groups -OCH3 is 2. The first-order valence-electron chi connectivity index (χ1n) is 10.1. The summed E-state index contributed by atoms with van der Waals surface area (Å²) >= 11 is 0. The molecule has 0 N–H and O–H groups in total. The molecule has 5 nitrogen and oxygen atoms in total. The van der Waals surface area contributed by atoms with Crippen LogP contribution in [0, 0.1) is 17.8 Å². The van der Waals surface area contributed by atoms with Crippen LogP contribution in [0.15, 0.2) is 24.4 Å². The van der Waals surface area contributed by atoms with Crippen molar-refractivity contribution >= 4 is 0 Å². The standard InChI is InChI=1S/C22H33N3O2/c1-14(2)18-9-7-15(3)11-20(18)25-13-19(23-24-25)16(4)17-8-10-21(26-5)22(12-17)27-6/h8,10,12-16,18,20H,7,9,11H2,1-6H3/t15-,16?,18+,20-/m1/s1. The molecule has 0 saturated heterocycles. The van der Waals surface area contributed by atoms with Crippen LogP contribution in [-0.2, 0) is 0 Å². The van der Waals surface area contributed by atoms with E-state index in [-0.39, 0.29) is 5.92 Å². The van der Waals surface area contributed by atoms with Gasteiger partial charge in [-0.1, -0.05) is 45.4 Å². The Labute approximate surface area is 163 Å². The van der Waals surface area contributed by atoms with E-state index in [0.717, 1.165) is 28.7 Å². The van der Waals surface area contributed by atoms with Crippen LogP contribution in [0.3, 0.4) is 0 Å². The van der Waals surface area contributed by atoms with E-state index in [1.54, 1.807) is 14.2 Å². The summed E-state index contributed by atoms with van der Waals surface area (Å²) in [5.41, 5.74) is 2.15. The second kappa shape index (κ2) is 8.32. The van der Waals surface area contributed by atoms with Gasteiger partial charge in [-0.05, 0) is 48.3 Å². The summed E-state index contributed by atoms with van der Waals surface area (Å²) in [6.07, 6.45) is 5.95. The Morgan fingerprint density at radius 3 is 2.48 bits per heavy atom. The SMILES string of the molecule is COc1ccc(C(C)c2cn([C@@H]3C[C@H](C)CC[C@H]3C(C)C)nn2)cc1OC. The van der Waals surface area contributed by atoms with E-state index in [0.29, 0.717) is 17.9 Å². The fraction of sp³-hybridized carbons (Fsp3) is 0.636. The average Bonchev–Trinajstić information content (AvgIpc) is 3.16. The molecule has 1 saturated carbocycles. The minimum Gasteiger partial charge on any atom is -0.493 e. The Hall–Kier alpha value is -2.04. The van der Waals surface area contributed by atoms with Crippen LogP contribution in [0.2, 0.25) is 0 Å². The van der Waals surface area contributed by atoms with Crippen molar-refractivity contribution in [2.45, 2.75) is 58.9 Å². The van der Waals surface area contributed by atoms with Crippen molar-refractivity contribution in [2.24, 2.45) is 17.8 Å². The van der Waals surface area contributed by atoms with Gasteiger partial charge in [0.15, 0.2) is 11.5 Å². The molecule has 1 heterocycles. The van der Waals surface area contributed by atoms with E-state index < -0.39 is 0 Å². The molecule has 1 aliphatic carbocycles. The number of nitrogens with zero attached hydrogens (tertiary/aromatic N) is 3. The number of benzene rings is 1. The molecule has 1 aliphatic rings. The van der Waals surface area contributed by atoms with Crippen molar-refractivity contribution in [1.29, 1.82) is 0 Å². The maximum Gasteiger partial charge on any atom is 0.161 e. The predicted molar refractivity (Wildman–Crippen MR) is 107 cm³/mol. The molecule has 0 spiro atoms. The summed E-state index contributed by atoms with van der Waals surface area (Å²) in [4.78, 5) is 0. The summed E-state index contributed by atoms with van der Waals surface area (Å²) in [7, 11) is 3.32. The maximum atomic E-state index is 5.45. The molecule has 2 aromatic rings. The zero-order chi connectivity index (χ0) is 19.6. The lowest BCUT2D eigenvalue weighted by Gasteiger charge is -2.37. The van der Waals surface area contributed by atoms with Crippen LogP contribution in [0.1, 0.15) is 70.2 Å². The number of hydrogen-bond donors (Lipinski definition) is 0. The lowest BCUT2D eigenvalue weighted by molar-refractivity contribution is 0.137. The second-order valence-electron chi connectivity index (χ2n) is 8.35. The van der Waals surface area contributed by atoms with Gasteiger partial charge in [-0.25, -0.2) is 4.68 Å². The summed E-state index contributed by atoms with van der Waals surface area (Å²) in [5, 5.41) is 9.07. The van der Waals surface area contributed by atoms with Crippen molar-refractivity contribution in [3.8, 4) is 11.5 Å². The first kappa shape index (κ1) is 19.7. The van der Waals surface area contributed by atoms with Crippen molar-refractivity contribution in [3.05, 3.63) is 35.7 Å². The third-order valence-corrected chi connectivity index (χ3v) is 6.21. The highest BCUT2D eigenvalue weighted by Crippen LogP contribution is 2.41.